The van der Waals surface area contributed by atoms with E-state index >= 15 is 0 Å². The van der Waals surface area contributed by atoms with Gasteiger partial charge in [0.25, 0.3) is 5.91 Å². The highest BCUT2D eigenvalue weighted by atomic mass is 19.1. The van der Waals surface area contributed by atoms with Gasteiger partial charge in [0.2, 0.25) is 5.91 Å². The number of likely N-dealkylation sites (tertiary alicyclic amines) is 1. The molecule has 1 aliphatic rings. The average Bonchev–Trinajstić information content (AvgIpc) is 3.28. The van der Waals surface area contributed by atoms with E-state index < -0.39 is 6.04 Å². The molecule has 3 aromatic rings. The zero-order valence-corrected chi connectivity index (χ0v) is 16.4. The van der Waals surface area contributed by atoms with Crippen LogP contribution in [0.3, 0.4) is 0 Å². The fourth-order valence-corrected chi connectivity index (χ4v) is 3.74. The molecule has 0 aliphatic carbocycles. The Morgan fingerprint density at radius 2 is 1.90 bits per heavy atom. The predicted octanol–water partition coefficient (Wildman–Crippen LogP) is 3.81. The lowest BCUT2D eigenvalue weighted by Crippen LogP contribution is -2.45. The Morgan fingerprint density at radius 1 is 1.07 bits per heavy atom. The highest BCUT2D eigenvalue weighted by Gasteiger charge is 2.34. The van der Waals surface area contributed by atoms with E-state index in [2.05, 4.69) is 10.3 Å². The van der Waals surface area contributed by atoms with Gasteiger partial charge >= 0.3 is 0 Å². The van der Waals surface area contributed by atoms with Crippen molar-refractivity contribution in [3.8, 4) is 11.3 Å². The van der Waals surface area contributed by atoms with Crippen molar-refractivity contribution in [3.05, 3.63) is 89.9 Å². The smallest absolute Gasteiger partial charge is 0.254 e. The molecule has 1 fully saturated rings. The Hall–Kier alpha value is -3.54. The van der Waals surface area contributed by atoms with Crippen molar-refractivity contribution in [2.75, 3.05) is 6.54 Å². The van der Waals surface area contributed by atoms with Crippen molar-refractivity contribution in [2.45, 2.75) is 25.4 Å². The molecule has 30 heavy (non-hydrogen) atoms. The lowest BCUT2D eigenvalue weighted by molar-refractivity contribution is -0.125. The minimum atomic E-state index is -0.553. The summed E-state index contributed by atoms with van der Waals surface area (Å²) in [4.78, 5) is 31.8. The highest BCUT2D eigenvalue weighted by molar-refractivity contribution is 5.98. The monoisotopic (exact) mass is 403 g/mol. The molecule has 1 unspecified atom stereocenters. The standard InChI is InChI=1S/C24H22FN3O2/c25-20-10-2-1-7-19(20)16-27-23(29)22-12-6-14-28(22)24(30)18-9-5-8-17(15-18)21-11-3-4-13-26-21/h1-5,7-11,13,15,22H,6,12,14,16H2,(H,27,29). The first-order chi connectivity index (χ1) is 14.6. The highest BCUT2D eigenvalue weighted by Crippen LogP contribution is 2.23. The van der Waals surface area contributed by atoms with Crippen LogP contribution in [0.25, 0.3) is 11.3 Å². The molecule has 0 saturated carbocycles. The summed E-state index contributed by atoms with van der Waals surface area (Å²) in [5.41, 5.74) is 2.57. The van der Waals surface area contributed by atoms with Crippen LogP contribution in [0.15, 0.2) is 72.9 Å². The van der Waals surface area contributed by atoms with Gasteiger partial charge in [-0.15, -0.1) is 0 Å². The topological polar surface area (TPSA) is 62.3 Å². The quantitative estimate of drug-likeness (QED) is 0.705. The van der Waals surface area contributed by atoms with Crippen molar-refractivity contribution >= 4 is 11.8 Å². The van der Waals surface area contributed by atoms with Gasteiger partial charge in [-0.1, -0.05) is 36.4 Å². The van der Waals surface area contributed by atoms with Crippen molar-refractivity contribution in [2.24, 2.45) is 0 Å². The van der Waals surface area contributed by atoms with Crippen LogP contribution in [0.1, 0.15) is 28.8 Å². The summed E-state index contributed by atoms with van der Waals surface area (Å²) in [5.74, 6) is -0.801. The molecule has 1 atom stereocenters. The Morgan fingerprint density at radius 3 is 2.70 bits per heavy atom. The number of nitrogens with zero attached hydrogens (tertiary/aromatic N) is 2. The molecule has 0 radical (unpaired) electrons. The SMILES string of the molecule is O=C(NCc1ccccc1F)C1CCCN1C(=O)c1cccc(-c2ccccn2)c1. The number of amides is 2. The van der Waals surface area contributed by atoms with E-state index in [1.54, 1.807) is 41.4 Å². The van der Waals surface area contributed by atoms with Crippen LogP contribution in [0.2, 0.25) is 0 Å². The summed E-state index contributed by atoms with van der Waals surface area (Å²) in [6.45, 7) is 0.615. The molecule has 6 heteroatoms. The lowest BCUT2D eigenvalue weighted by Gasteiger charge is -2.24. The molecule has 5 nitrogen and oxygen atoms in total. The number of carbonyl (C=O) groups is 2. The number of halogens is 1. The summed E-state index contributed by atoms with van der Waals surface area (Å²) < 4.78 is 13.8. The number of hydrogen-bond acceptors (Lipinski definition) is 3. The van der Waals surface area contributed by atoms with Crippen molar-refractivity contribution < 1.29 is 14.0 Å². The van der Waals surface area contributed by atoms with Gasteiger partial charge in [0.05, 0.1) is 5.69 Å². The van der Waals surface area contributed by atoms with E-state index in [-0.39, 0.29) is 24.2 Å². The minimum absolute atomic E-state index is 0.0964. The van der Waals surface area contributed by atoms with Crippen LogP contribution in [0.4, 0.5) is 4.39 Å². The number of aromatic nitrogens is 1. The van der Waals surface area contributed by atoms with Gasteiger partial charge < -0.3 is 10.2 Å². The Balaban J connectivity index is 1.47. The Bertz CT molecular complexity index is 1060. The van der Waals surface area contributed by atoms with Gasteiger partial charge in [-0.3, -0.25) is 14.6 Å². The van der Waals surface area contributed by atoms with Gasteiger partial charge in [-0.05, 0) is 43.2 Å². The summed E-state index contributed by atoms with van der Waals surface area (Å²) >= 11 is 0. The number of benzene rings is 2. The van der Waals surface area contributed by atoms with Gasteiger partial charge in [-0.2, -0.15) is 0 Å². The second-order valence-corrected chi connectivity index (χ2v) is 7.26. The number of hydrogen-bond donors (Lipinski definition) is 1. The van der Waals surface area contributed by atoms with E-state index in [0.29, 0.717) is 24.1 Å². The molecule has 2 aromatic carbocycles. The molecule has 1 aromatic heterocycles. The van der Waals surface area contributed by atoms with Gasteiger partial charge in [0.1, 0.15) is 11.9 Å². The molecule has 2 amide bonds. The zero-order chi connectivity index (χ0) is 20.9. The van der Waals surface area contributed by atoms with Crippen LogP contribution < -0.4 is 5.32 Å². The summed E-state index contributed by atoms with van der Waals surface area (Å²) in [6, 6.07) is 18.7. The third kappa shape index (κ3) is 4.22. The largest absolute Gasteiger partial charge is 0.350 e. The Labute approximate surface area is 174 Å². The molecule has 1 aliphatic heterocycles. The maximum Gasteiger partial charge on any atom is 0.254 e. The molecule has 152 valence electrons. The third-order valence-electron chi connectivity index (χ3n) is 5.30. The number of nitrogens with one attached hydrogen (secondary N) is 1. The van der Waals surface area contributed by atoms with Crippen molar-refractivity contribution in [3.63, 3.8) is 0 Å². The van der Waals surface area contributed by atoms with Gasteiger partial charge in [0, 0.05) is 36.0 Å². The van der Waals surface area contributed by atoms with Gasteiger partial charge in [-0.25, -0.2) is 4.39 Å². The number of carbonyl (C=O) groups excluding carboxylic acids is 2. The maximum absolute atomic E-state index is 13.8. The Kier molecular flexibility index (Phi) is 5.84. The fourth-order valence-electron chi connectivity index (χ4n) is 3.74. The summed E-state index contributed by atoms with van der Waals surface area (Å²) in [5, 5.41) is 2.77. The molecule has 1 N–H and O–H groups in total. The van der Waals surface area contributed by atoms with Crippen LogP contribution in [-0.4, -0.2) is 34.3 Å². The molecule has 0 spiro atoms. The molecule has 1 saturated heterocycles. The first kappa shape index (κ1) is 19.8. The minimum Gasteiger partial charge on any atom is -0.350 e. The molecule has 4 rings (SSSR count). The number of rotatable bonds is 5. The van der Waals surface area contributed by atoms with Crippen molar-refractivity contribution in [1.29, 1.82) is 0 Å². The molecular formula is C24H22FN3O2. The summed E-state index contributed by atoms with van der Waals surface area (Å²) in [6.07, 6.45) is 3.05. The normalized spacial score (nSPS) is 15.8. The fraction of sp³-hybridized carbons (Fsp3) is 0.208. The number of pyridine rings is 1. The molecule has 2 heterocycles. The van der Waals surface area contributed by atoms with Crippen molar-refractivity contribution in [1.82, 2.24) is 15.2 Å². The second-order valence-electron chi connectivity index (χ2n) is 7.26. The predicted molar refractivity (Wildman–Crippen MR) is 112 cm³/mol. The second kappa shape index (κ2) is 8.86. The third-order valence-corrected chi connectivity index (χ3v) is 5.30. The average molecular weight is 403 g/mol. The maximum atomic E-state index is 13.8. The van der Waals surface area contributed by atoms with E-state index in [4.69, 9.17) is 0 Å². The van der Waals surface area contributed by atoms with Crippen LogP contribution in [-0.2, 0) is 11.3 Å². The van der Waals surface area contributed by atoms with E-state index in [1.165, 1.54) is 6.07 Å². The molecule has 0 bridgehead atoms. The zero-order valence-electron chi connectivity index (χ0n) is 16.4. The van der Waals surface area contributed by atoms with Crippen LogP contribution >= 0.6 is 0 Å². The molecular weight excluding hydrogens is 381 g/mol. The summed E-state index contributed by atoms with van der Waals surface area (Å²) in [7, 11) is 0. The first-order valence-electron chi connectivity index (χ1n) is 9.97. The van der Waals surface area contributed by atoms with Crippen LogP contribution in [0, 0.1) is 5.82 Å². The van der Waals surface area contributed by atoms with E-state index in [9.17, 15) is 14.0 Å². The van der Waals surface area contributed by atoms with E-state index in [0.717, 1.165) is 17.7 Å². The first-order valence-corrected chi connectivity index (χ1v) is 9.97. The van der Waals surface area contributed by atoms with E-state index in [1.807, 2.05) is 30.3 Å². The lowest BCUT2D eigenvalue weighted by atomic mass is 10.1. The van der Waals surface area contributed by atoms with Crippen LogP contribution in [0.5, 0.6) is 0 Å². The van der Waals surface area contributed by atoms with Gasteiger partial charge in [0.15, 0.2) is 0 Å².